The SMILES string of the molecule is CCc1ccccc1NC(=O)CN(C)C(=O)c1ccc(-n2c(C)nc3ccccc3c2=O)cc1. The van der Waals surface area contributed by atoms with Crippen LogP contribution in [-0.4, -0.2) is 39.9 Å². The number of anilines is 1. The van der Waals surface area contributed by atoms with Crippen LogP contribution in [0.2, 0.25) is 0 Å². The zero-order valence-corrected chi connectivity index (χ0v) is 19.4. The fraction of sp³-hybridized carbons (Fsp3) is 0.185. The van der Waals surface area contributed by atoms with E-state index in [2.05, 4.69) is 10.3 Å². The van der Waals surface area contributed by atoms with E-state index >= 15 is 0 Å². The van der Waals surface area contributed by atoms with E-state index in [0.717, 1.165) is 17.7 Å². The number of hydrogen-bond donors (Lipinski definition) is 1. The number of nitrogens with zero attached hydrogens (tertiary/aromatic N) is 3. The predicted octanol–water partition coefficient (Wildman–Crippen LogP) is 3.97. The number of hydrogen-bond acceptors (Lipinski definition) is 4. The molecule has 7 heteroatoms. The molecular weight excluding hydrogens is 428 g/mol. The summed E-state index contributed by atoms with van der Waals surface area (Å²) in [4.78, 5) is 44.3. The summed E-state index contributed by atoms with van der Waals surface area (Å²) in [6, 6.07) is 21.5. The smallest absolute Gasteiger partial charge is 0.265 e. The molecule has 4 rings (SSSR count). The number of carbonyl (C=O) groups is 2. The number of aromatic nitrogens is 2. The molecular formula is C27H26N4O3. The average Bonchev–Trinajstić information content (AvgIpc) is 2.84. The Hall–Kier alpha value is -4.26. The van der Waals surface area contributed by atoms with Gasteiger partial charge in [-0.15, -0.1) is 0 Å². The van der Waals surface area contributed by atoms with Crippen LogP contribution < -0.4 is 10.9 Å². The van der Waals surface area contributed by atoms with Gasteiger partial charge < -0.3 is 10.2 Å². The number of fused-ring (bicyclic) bond motifs is 1. The second-order valence-corrected chi connectivity index (χ2v) is 8.08. The lowest BCUT2D eigenvalue weighted by atomic mass is 10.1. The van der Waals surface area contributed by atoms with Crippen LogP contribution in [0.3, 0.4) is 0 Å². The number of para-hydroxylation sites is 2. The van der Waals surface area contributed by atoms with Crippen molar-refractivity contribution in [2.45, 2.75) is 20.3 Å². The van der Waals surface area contributed by atoms with Gasteiger partial charge in [-0.2, -0.15) is 0 Å². The molecule has 7 nitrogen and oxygen atoms in total. The molecule has 0 aliphatic carbocycles. The molecule has 0 bridgehead atoms. The Morgan fingerprint density at radius 3 is 2.38 bits per heavy atom. The molecule has 1 aromatic heterocycles. The summed E-state index contributed by atoms with van der Waals surface area (Å²) in [5.41, 5.74) is 3.32. The highest BCUT2D eigenvalue weighted by Crippen LogP contribution is 2.16. The lowest BCUT2D eigenvalue weighted by molar-refractivity contribution is -0.116. The van der Waals surface area contributed by atoms with E-state index in [0.29, 0.717) is 28.0 Å². The van der Waals surface area contributed by atoms with E-state index in [-0.39, 0.29) is 23.9 Å². The molecule has 0 aliphatic heterocycles. The number of carbonyl (C=O) groups excluding carboxylic acids is 2. The van der Waals surface area contributed by atoms with Crippen LogP contribution in [0.5, 0.6) is 0 Å². The molecule has 2 amide bonds. The first-order valence-corrected chi connectivity index (χ1v) is 11.1. The van der Waals surface area contributed by atoms with Crippen molar-refractivity contribution in [3.05, 3.63) is 100 Å². The fourth-order valence-corrected chi connectivity index (χ4v) is 3.95. The molecule has 0 unspecified atom stereocenters. The topological polar surface area (TPSA) is 84.3 Å². The molecule has 1 N–H and O–H groups in total. The number of aryl methyl sites for hydroxylation is 2. The van der Waals surface area contributed by atoms with Crippen LogP contribution in [0.1, 0.15) is 28.7 Å². The highest BCUT2D eigenvalue weighted by Gasteiger charge is 2.17. The number of likely N-dealkylation sites (N-methyl/N-ethyl adjacent to an activating group) is 1. The van der Waals surface area contributed by atoms with Gasteiger partial charge in [0.05, 0.1) is 23.1 Å². The molecule has 0 atom stereocenters. The van der Waals surface area contributed by atoms with Crippen molar-refractivity contribution in [3.8, 4) is 5.69 Å². The van der Waals surface area contributed by atoms with E-state index in [9.17, 15) is 14.4 Å². The first-order chi connectivity index (χ1) is 16.4. The second kappa shape index (κ2) is 9.70. The number of nitrogens with one attached hydrogen (secondary N) is 1. The first kappa shape index (κ1) is 22.9. The van der Waals surface area contributed by atoms with Gasteiger partial charge in [0.25, 0.3) is 11.5 Å². The van der Waals surface area contributed by atoms with Crippen molar-refractivity contribution < 1.29 is 9.59 Å². The summed E-state index contributed by atoms with van der Waals surface area (Å²) in [7, 11) is 1.59. The maximum Gasteiger partial charge on any atom is 0.265 e. The van der Waals surface area contributed by atoms with Crippen molar-refractivity contribution in [1.82, 2.24) is 14.5 Å². The Morgan fingerprint density at radius 1 is 0.971 bits per heavy atom. The maximum atomic E-state index is 13.0. The predicted molar refractivity (Wildman–Crippen MR) is 133 cm³/mol. The minimum atomic E-state index is -0.286. The molecule has 3 aromatic carbocycles. The van der Waals surface area contributed by atoms with E-state index in [4.69, 9.17) is 0 Å². The highest BCUT2D eigenvalue weighted by atomic mass is 16.2. The Balaban J connectivity index is 1.50. The van der Waals surface area contributed by atoms with E-state index in [1.165, 1.54) is 9.47 Å². The van der Waals surface area contributed by atoms with Crippen molar-refractivity contribution in [3.63, 3.8) is 0 Å². The summed E-state index contributed by atoms with van der Waals surface area (Å²) in [6.45, 7) is 3.72. The van der Waals surface area contributed by atoms with Gasteiger partial charge in [0.15, 0.2) is 0 Å². The van der Waals surface area contributed by atoms with Gasteiger partial charge in [-0.1, -0.05) is 37.3 Å². The minimum absolute atomic E-state index is 0.0776. The molecule has 0 fully saturated rings. The van der Waals surface area contributed by atoms with Gasteiger partial charge >= 0.3 is 0 Å². The lowest BCUT2D eigenvalue weighted by Crippen LogP contribution is -2.35. The Kier molecular flexibility index (Phi) is 6.54. The van der Waals surface area contributed by atoms with Gasteiger partial charge in [0.1, 0.15) is 5.82 Å². The molecule has 0 saturated heterocycles. The fourth-order valence-electron chi connectivity index (χ4n) is 3.95. The van der Waals surface area contributed by atoms with Crippen LogP contribution in [0.15, 0.2) is 77.6 Å². The molecule has 0 spiro atoms. The van der Waals surface area contributed by atoms with E-state index < -0.39 is 0 Å². The Bertz CT molecular complexity index is 1420. The highest BCUT2D eigenvalue weighted by molar-refractivity contribution is 5.99. The summed E-state index contributed by atoms with van der Waals surface area (Å²) in [5, 5.41) is 3.41. The zero-order valence-electron chi connectivity index (χ0n) is 19.4. The molecule has 0 saturated carbocycles. The van der Waals surface area contributed by atoms with E-state index in [1.807, 2.05) is 43.3 Å². The molecule has 0 radical (unpaired) electrons. The Labute approximate surface area is 197 Å². The van der Waals surface area contributed by atoms with E-state index in [1.54, 1.807) is 50.4 Å². The number of rotatable bonds is 6. The molecule has 4 aromatic rings. The van der Waals surface area contributed by atoms with Gasteiger partial charge in [-0.05, 0) is 61.4 Å². The maximum absolute atomic E-state index is 13.0. The Morgan fingerprint density at radius 2 is 1.65 bits per heavy atom. The van der Waals surface area contributed by atoms with Crippen molar-refractivity contribution in [2.75, 3.05) is 18.9 Å². The van der Waals surface area contributed by atoms with Gasteiger partial charge in [-0.3, -0.25) is 19.0 Å². The van der Waals surface area contributed by atoms with Gasteiger partial charge in [-0.25, -0.2) is 4.98 Å². The molecule has 0 aliphatic rings. The zero-order chi connectivity index (χ0) is 24.2. The van der Waals surface area contributed by atoms with Crippen molar-refractivity contribution >= 4 is 28.4 Å². The van der Waals surface area contributed by atoms with Crippen LogP contribution in [0.4, 0.5) is 5.69 Å². The van der Waals surface area contributed by atoms with Crippen LogP contribution in [-0.2, 0) is 11.2 Å². The summed E-state index contributed by atoms with van der Waals surface area (Å²) < 4.78 is 1.53. The van der Waals surface area contributed by atoms with Crippen LogP contribution >= 0.6 is 0 Å². The lowest BCUT2D eigenvalue weighted by Gasteiger charge is -2.18. The number of amides is 2. The summed E-state index contributed by atoms with van der Waals surface area (Å²) in [6.07, 6.45) is 0.798. The van der Waals surface area contributed by atoms with Gasteiger partial charge in [0, 0.05) is 18.3 Å². The molecule has 1 heterocycles. The third kappa shape index (κ3) is 4.59. The first-order valence-electron chi connectivity index (χ1n) is 11.1. The molecule has 34 heavy (non-hydrogen) atoms. The summed E-state index contributed by atoms with van der Waals surface area (Å²) in [5.74, 6) is 0.00731. The van der Waals surface area contributed by atoms with Crippen LogP contribution in [0, 0.1) is 6.92 Å². The standard InChI is InChI=1S/C27H26N4O3/c1-4-19-9-5-7-11-23(19)29-25(32)17-30(3)26(33)20-13-15-21(16-14-20)31-18(2)28-24-12-8-6-10-22(24)27(31)34/h5-16H,4,17H2,1-3H3,(H,29,32). The molecule has 172 valence electrons. The second-order valence-electron chi connectivity index (χ2n) is 8.08. The largest absolute Gasteiger partial charge is 0.332 e. The third-order valence-corrected chi connectivity index (χ3v) is 5.72. The third-order valence-electron chi connectivity index (χ3n) is 5.72. The van der Waals surface area contributed by atoms with Crippen molar-refractivity contribution in [2.24, 2.45) is 0 Å². The monoisotopic (exact) mass is 454 g/mol. The van der Waals surface area contributed by atoms with Crippen molar-refractivity contribution in [1.29, 1.82) is 0 Å². The summed E-state index contributed by atoms with van der Waals surface area (Å²) >= 11 is 0. The number of benzene rings is 3. The quantitative estimate of drug-likeness (QED) is 0.478. The average molecular weight is 455 g/mol. The minimum Gasteiger partial charge on any atom is -0.332 e. The van der Waals surface area contributed by atoms with Gasteiger partial charge in [0.2, 0.25) is 5.91 Å². The van der Waals surface area contributed by atoms with Crippen LogP contribution in [0.25, 0.3) is 16.6 Å². The normalized spacial score (nSPS) is 10.8.